The predicted octanol–water partition coefficient (Wildman–Crippen LogP) is 12.7. The standard InChI is InChI=1S/C48H36N2/c1-4-14-33(15-5-1)37-24-25-46(49-32-37)41-27-38(26-40(28-41)45-29-36-20-10-11-21-42(36)43-22-12-13-23-44(43)45)39-30-47(34-16-6-2-7-17-34)50-48(31-39)35-18-8-3-9-19-35/h1-2,4-8,10-11,13-21,23-32H,3,9,12,22H2. The first-order chi connectivity index (χ1) is 24.8. The van der Waals surface area contributed by atoms with E-state index in [-0.39, 0.29) is 0 Å². The third-order valence-corrected chi connectivity index (χ3v) is 9.98. The van der Waals surface area contributed by atoms with Gasteiger partial charge in [-0.2, -0.15) is 0 Å². The Balaban J connectivity index is 1.27. The van der Waals surface area contributed by atoms with E-state index in [0.29, 0.717) is 0 Å². The molecule has 7 aromatic rings. The predicted molar refractivity (Wildman–Crippen MR) is 210 cm³/mol. The topological polar surface area (TPSA) is 25.8 Å². The number of hydrogen-bond acceptors (Lipinski definition) is 2. The number of fused-ring (bicyclic) bond motifs is 3. The maximum Gasteiger partial charge on any atom is 0.0715 e. The summed E-state index contributed by atoms with van der Waals surface area (Å²) in [5, 5.41) is 2.63. The van der Waals surface area contributed by atoms with Gasteiger partial charge in [0.25, 0.3) is 0 Å². The van der Waals surface area contributed by atoms with Crippen molar-refractivity contribution in [3.63, 3.8) is 0 Å². The van der Waals surface area contributed by atoms with Crippen molar-refractivity contribution in [2.45, 2.75) is 25.7 Å². The van der Waals surface area contributed by atoms with E-state index >= 15 is 0 Å². The van der Waals surface area contributed by atoms with Crippen LogP contribution in [0.15, 0.2) is 164 Å². The first kappa shape index (κ1) is 30.0. The van der Waals surface area contributed by atoms with Crippen LogP contribution in [0.3, 0.4) is 0 Å². The Morgan fingerprint density at radius 3 is 1.98 bits per heavy atom. The van der Waals surface area contributed by atoms with E-state index in [9.17, 15) is 0 Å². The Hall–Kier alpha value is -6.12. The fourth-order valence-corrected chi connectivity index (χ4v) is 7.43. The number of benzene rings is 5. The Bertz CT molecular complexity index is 2450. The molecule has 0 aliphatic heterocycles. The Labute approximate surface area is 293 Å². The Morgan fingerprint density at radius 1 is 0.460 bits per heavy atom. The summed E-state index contributed by atoms with van der Waals surface area (Å²) in [6.45, 7) is 0. The number of allylic oxidation sites excluding steroid dienone is 5. The minimum absolute atomic E-state index is 0.952. The van der Waals surface area contributed by atoms with Crippen LogP contribution in [0, 0.1) is 0 Å². The van der Waals surface area contributed by atoms with Crippen LogP contribution < -0.4 is 0 Å². The van der Waals surface area contributed by atoms with Gasteiger partial charge in [-0.05, 0) is 123 Å². The molecular weight excluding hydrogens is 605 g/mol. The highest BCUT2D eigenvalue weighted by Crippen LogP contribution is 2.41. The van der Waals surface area contributed by atoms with E-state index in [1.54, 1.807) is 0 Å². The van der Waals surface area contributed by atoms with Crippen molar-refractivity contribution in [1.82, 2.24) is 9.97 Å². The molecule has 0 N–H and O–H groups in total. The first-order valence-electron chi connectivity index (χ1n) is 17.6. The number of pyridine rings is 2. The molecule has 2 heterocycles. The van der Waals surface area contributed by atoms with Gasteiger partial charge in [-0.1, -0.05) is 121 Å². The van der Waals surface area contributed by atoms with Crippen molar-refractivity contribution in [3.8, 4) is 55.9 Å². The lowest BCUT2D eigenvalue weighted by atomic mass is 9.84. The summed E-state index contributed by atoms with van der Waals surface area (Å²) >= 11 is 0. The SMILES string of the molecule is C1=CC(c2cc(-c3cc(-c4ccc(-c5ccccc5)cn4)cc(-c4cc5ccccc5c5c4C=CCC5)c3)cc(-c3ccccc3)n2)=CCC1. The van der Waals surface area contributed by atoms with Gasteiger partial charge in [0.05, 0.1) is 17.1 Å². The summed E-state index contributed by atoms with van der Waals surface area (Å²) in [6, 6.07) is 48.0. The van der Waals surface area contributed by atoms with E-state index in [1.165, 1.54) is 44.2 Å². The zero-order valence-electron chi connectivity index (χ0n) is 27.9. The molecule has 2 aromatic heterocycles. The molecule has 2 heteroatoms. The lowest BCUT2D eigenvalue weighted by Crippen LogP contribution is -1.99. The van der Waals surface area contributed by atoms with Crippen molar-refractivity contribution in [3.05, 3.63) is 181 Å². The molecule has 2 nitrogen and oxygen atoms in total. The highest BCUT2D eigenvalue weighted by molar-refractivity contribution is 5.97. The molecule has 0 radical (unpaired) electrons. The zero-order valence-corrected chi connectivity index (χ0v) is 27.9. The summed E-state index contributed by atoms with van der Waals surface area (Å²) < 4.78 is 0. The number of aromatic nitrogens is 2. The van der Waals surface area contributed by atoms with Gasteiger partial charge < -0.3 is 0 Å². The molecule has 2 aliphatic carbocycles. The van der Waals surface area contributed by atoms with Crippen LogP contribution in [0.4, 0.5) is 0 Å². The molecule has 2 aliphatic rings. The van der Waals surface area contributed by atoms with Crippen molar-refractivity contribution >= 4 is 22.4 Å². The van der Waals surface area contributed by atoms with Gasteiger partial charge in [-0.3, -0.25) is 4.98 Å². The van der Waals surface area contributed by atoms with Crippen molar-refractivity contribution in [2.75, 3.05) is 0 Å². The number of aryl methyl sites for hydroxylation is 1. The normalized spacial score (nSPS) is 13.6. The lowest BCUT2D eigenvalue weighted by Gasteiger charge is -2.20. The first-order valence-corrected chi connectivity index (χ1v) is 17.6. The molecule has 0 amide bonds. The van der Waals surface area contributed by atoms with Crippen molar-refractivity contribution in [1.29, 1.82) is 0 Å². The average molecular weight is 641 g/mol. The summed E-state index contributed by atoms with van der Waals surface area (Å²) in [5.74, 6) is 0. The molecule has 0 fully saturated rings. The second-order valence-electron chi connectivity index (χ2n) is 13.2. The van der Waals surface area contributed by atoms with E-state index in [2.05, 4.69) is 158 Å². The monoisotopic (exact) mass is 640 g/mol. The Morgan fingerprint density at radius 2 is 1.18 bits per heavy atom. The fourth-order valence-electron chi connectivity index (χ4n) is 7.43. The van der Waals surface area contributed by atoms with Crippen LogP contribution >= 0.6 is 0 Å². The Kier molecular flexibility index (Phi) is 7.83. The van der Waals surface area contributed by atoms with Crippen LogP contribution in [-0.2, 0) is 6.42 Å². The number of nitrogens with zero attached hydrogens (tertiary/aromatic N) is 2. The lowest BCUT2D eigenvalue weighted by molar-refractivity contribution is 0.998. The number of hydrogen-bond donors (Lipinski definition) is 0. The average Bonchev–Trinajstić information content (AvgIpc) is 3.21. The van der Waals surface area contributed by atoms with Crippen molar-refractivity contribution < 1.29 is 0 Å². The van der Waals surface area contributed by atoms with Crippen LogP contribution in [-0.4, -0.2) is 9.97 Å². The van der Waals surface area contributed by atoms with Gasteiger partial charge in [-0.15, -0.1) is 0 Å². The highest BCUT2D eigenvalue weighted by atomic mass is 14.7. The molecule has 238 valence electrons. The maximum absolute atomic E-state index is 5.20. The number of rotatable bonds is 6. The van der Waals surface area contributed by atoms with Gasteiger partial charge in [0, 0.05) is 22.9 Å². The third-order valence-electron chi connectivity index (χ3n) is 9.98. The summed E-state index contributed by atoms with van der Waals surface area (Å²) in [7, 11) is 0. The molecule has 9 rings (SSSR count). The van der Waals surface area contributed by atoms with Crippen LogP contribution in [0.5, 0.6) is 0 Å². The molecule has 50 heavy (non-hydrogen) atoms. The minimum Gasteiger partial charge on any atom is -0.256 e. The fraction of sp³-hybridized carbons (Fsp3) is 0.0833. The van der Waals surface area contributed by atoms with Gasteiger partial charge >= 0.3 is 0 Å². The molecule has 0 unspecified atom stereocenters. The maximum atomic E-state index is 5.20. The minimum atomic E-state index is 0.952. The molecule has 0 saturated carbocycles. The van der Waals surface area contributed by atoms with Gasteiger partial charge in [0.1, 0.15) is 0 Å². The third kappa shape index (κ3) is 5.80. The molecule has 0 spiro atoms. The summed E-state index contributed by atoms with van der Waals surface area (Å²) in [6.07, 6.45) is 17.7. The van der Waals surface area contributed by atoms with Crippen LogP contribution in [0.25, 0.3) is 78.3 Å². The molecule has 0 saturated heterocycles. The van der Waals surface area contributed by atoms with Crippen LogP contribution in [0.2, 0.25) is 0 Å². The van der Waals surface area contributed by atoms with E-state index in [0.717, 1.165) is 70.6 Å². The van der Waals surface area contributed by atoms with E-state index in [1.807, 2.05) is 12.3 Å². The highest BCUT2D eigenvalue weighted by Gasteiger charge is 2.18. The molecule has 0 bridgehead atoms. The van der Waals surface area contributed by atoms with E-state index in [4.69, 9.17) is 9.97 Å². The summed E-state index contributed by atoms with van der Waals surface area (Å²) in [4.78, 5) is 10.2. The van der Waals surface area contributed by atoms with Gasteiger partial charge in [-0.25, -0.2) is 4.98 Å². The zero-order chi connectivity index (χ0) is 33.3. The van der Waals surface area contributed by atoms with E-state index < -0.39 is 0 Å². The van der Waals surface area contributed by atoms with Gasteiger partial charge in [0.2, 0.25) is 0 Å². The molecule has 0 atom stereocenters. The second kappa shape index (κ2) is 13.1. The largest absolute Gasteiger partial charge is 0.256 e. The van der Waals surface area contributed by atoms with Crippen LogP contribution in [0.1, 0.15) is 36.1 Å². The smallest absolute Gasteiger partial charge is 0.0715 e. The van der Waals surface area contributed by atoms with Crippen molar-refractivity contribution in [2.24, 2.45) is 0 Å². The quantitative estimate of drug-likeness (QED) is 0.181. The van der Waals surface area contributed by atoms with Gasteiger partial charge in [0.15, 0.2) is 0 Å². The summed E-state index contributed by atoms with van der Waals surface area (Å²) in [5.41, 5.74) is 16.1. The second-order valence-corrected chi connectivity index (χ2v) is 13.2. The molecular formula is C48H36N2. The molecule has 5 aromatic carbocycles.